The Bertz CT molecular complexity index is 1420. The fraction of sp³-hybridized carbons (Fsp3) is 0.286. The van der Waals surface area contributed by atoms with Crippen molar-refractivity contribution in [2.45, 2.75) is 42.6 Å². The quantitative estimate of drug-likeness (QED) is 0.279. The minimum absolute atomic E-state index is 0.00896. The molecule has 0 aliphatic carbocycles. The normalized spacial score (nSPS) is 12.1. The van der Waals surface area contributed by atoms with Gasteiger partial charge in [0.25, 0.3) is 10.0 Å². The van der Waals surface area contributed by atoms with Gasteiger partial charge in [-0.2, -0.15) is 0 Å². The van der Waals surface area contributed by atoms with Crippen molar-refractivity contribution in [3.63, 3.8) is 0 Å². The van der Waals surface area contributed by atoms with Gasteiger partial charge in [0.2, 0.25) is 11.8 Å². The molecule has 0 fully saturated rings. The first kappa shape index (κ1) is 30.8. The van der Waals surface area contributed by atoms with Gasteiger partial charge in [0, 0.05) is 28.5 Å². The number of benzene rings is 3. The van der Waals surface area contributed by atoms with Crippen molar-refractivity contribution in [3.05, 3.63) is 87.9 Å². The number of halogens is 2. The van der Waals surface area contributed by atoms with Crippen LogP contribution in [0.1, 0.15) is 24.5 Å². The van der Waals surface area contributed by atoms with E-state index in [-0.39, 0.29) is 17.3 Å². The molecule has 1 atom stereocenters. The maximum atomic E-state index is 13.9. The highest BCUT2D eigenvalue weighted by molar-refractivity contribution is 7.98. The standard InChI is InChI=1S/C28H31Cl2N3O4S2/c1-5-26(28(35)31-3)32(17-20-8-9-21(29)16-25(20)30)27(34)18-33(22-10-6-19(2)7-11-22)39(36,37)24-14-12-23(38-4)13-15-24/h6-16,26H,5,17-18H2,1-4H3,(H,31,35). The Kier molecular flexibility index (Phi) is 10.7. The van der Waals surface area contributed by atoms with Gasteiger partial charge in [-0.25, -0.2) is 8.42 Å². The number of rotatable bonds is 11. The van der Waals surface area contributed by atoms with Gasteiger partial charge in [-0.15, -0.1) is 11.8 Å². The van der Waals surface area contributed by atoms with Crippen LogP contribution < -0.4 is 9.62 Å². The van der Waals surface area contributed by atoms with Crippen molar-refractivity contribution in [1.82, 2.24) is 10.2 Å². The van der Waals surface area contributed by atoms with E-state index in [2.05, 4.69) is 5.32 Å². The summed E-state index contributed by atoms with van der Waals surface area (Å²) in [5.74, 6) is -0.922. The molecule has 0 bridgehead atoms. The largest absolute Gasteiger partial charge is 0.357 e. The third kappa shape index (κ3) is 7.48. The van der Waals surface area contributed by atoms with Crippen LogP contribution in [0.15, 0.2) is 76.5 Å². The smallest absolute Gasteiger partial charge is 0.264 e. The van der Waals surface area contributed by atoms with Gasteiger partial charge >= 0.3 is 0 Å². The number of anilines is 1. The number of hydrogen-bond donors (Lipinski definition) is 1. The Balaban J connectivity index is 2.07. The van der Waals surface area contributed by atoms with E-state index in [1.54, 1.807) is 61.5 Å². The Morgan fingerprint density at radius 3 is 2.18 bits per heavy atom. The number of amides is 2. The van der Waals surface area contributed by atoms with E-state index in [1.807, 2.05) is 13.2 Å². The second-order valence-electron chi connectivity index (χ2n) is 8.82. The number of hydrogen-bond acceptors (Lipinski definition) is 5. The molecule has 0 aromatic heterocycles. The predicted octanol–water partition coefficient (Wildman–Crippen LogP) is 5.77. The summed E-state index contributed by atoms with van der Waals surface area (Å²) in [6, 6.07) is 17.4. The maximum Gasteiger partial charge on any atom is 0.264 e. The highest BCUT2D eigenvalue weighted by atomic mass is 35.5. The molecule has 0 heterocycles. The molecule has 3 aromatic carbocycles. The molecule has 1 unspecified atom stereocenters. The molecule has 0 spiro atoms. The Labute approximate surface area is 244 Å². The SMILES string of the molecule is CCC(C(=O)NC)N(Cc1ccc(Cl)cc1Cl)C(=O)CN(c1ccc(C)cc1)S(=O)(=O)c1ccc(SC)cc1. The summed E-state index contributed by atoms with van der Waals surface area (Å²) >= 11 is 13.9. The van der Waals surface area contributed by atoms with Crippen molar-refractivity contribution in [2.75, 3.05) is 24.2 Å². The molecule has 7 nitrogen and oxygen atoms in total. The summed E-state index contributed by atoms with van der Waals surface area (Å²) in [7, 11) is -2.64. The summed E-state index contributed by atoms with van der Waals surface area (Å²) in [6.07, 6.45) is 2.21. The predicted molar refractivity (Wildman–Crippen MR) is 159 cm³/mol. The van der Waals surface area contributed by atoms with E-state index >= 15 is 0 Å². The lowest BCUT2D eigenvalue weighted by molar-refractivity contribution is -0.140. The fourth-order valence-corrected chi connectivity index (χ4v) is 6.32. The Morgan fingerprint density at radius 1 is 1.00 bits per heavy atom. The molecule has 1 N–H and O–H groups in total. The van der Waals surface area contributed by atoms with E-state index in [0.29, 0.717) is 27.7 Å². The maximum absolute atomic E-state index is 13.9. The number of nitrogens with zero attached hydrogens (tertiary/aromatic N) is 2. The van der Waals surface area contributed by atoms with Gasteiger partial charge < -0.3 is 10.2 Å². The summed E-state index contributed by atoms with van der Waals surface area (Å²) in [5, 5.41) is 3.37. The number of nitrogens with one attached hydrogen (secondary N) is 1. The second-order valence-corrected chi connectivity index (χ2v) is 12.4. The first-order chi connectivity index (χ1) is 18.5. The first-order valence-electron chi connectivity index (χ1n) is 12.2. The molecular formula is C28H31Cl2N3O4S2. The molecule has 208 valence electrons. The number of aryl methyl sites for hydroxylation is 1. The van der Waals surface area contributed by atoms with E-state index in [9.17, 15) is 18.0 Å². The molecule has 0 saturated heterocycles. The molecule has 11 heteroatoms. The fourth-order valence-electron chi connectivity index (χ4n) is 4.03. The van der Waals surface area contributed by atoms with Gasteiger partial charge in [-0.3, -0.25) is 13.9 Å². The van der Waals surface area contributed by atoms with Crippen LogP contribution >= 0.6 is 35.0 Å². The Hall–Kier alpha value is -2.72. The third-order valence-corrected chi connectivity index (χ3v) is 9.35. The van der Waals surface area contributed by atoms with E-state index in [1.165, 1.54) is 35.8 Å². The van der Waals surface area contributed by atoms with E-state index in [4.69, 9.17) is 23.2 Å². The minimum Gasteiger partial charge on any atom is -0.357 e. The number of likely N-dealkylation sites (N-methyl/N-ethyl adjacent to an activating group) is 1. The van der Waals surface area contributed by atoms with Crippen LogP contribution in [0.25, 0.3) is 0 Å². The monoisotopic (exact) mass is 607 g/mol. The molecule has 2 amide bonds. The van der Waals surface area contributed by atoms with Gasteiger partial charge in [0.15, 0.2) is 0 Å². The average Bonchev–Trinajstić information content (AvgIpc) is 2.93. The van der Waals surface area contributed by atoms with Crippen molar-refractivity contribution < 1.29 is 18.0 Å². The topological polar surface area (TPSA) is 86.8 Å². The zero-order valence-electron chi connectivity index (χ0n) is 22.1. The number of carbonyl (C=O) groups excluding carboxylic acids is 2. The van der Waals surface area contributed by atoms with Crippen LogP contribution in [-0.4, -0.2) is 51.0 Å². The van der Waals surface area contributed by atoms with Crippen LogP contribution in [0.5, 0.6) is 0 Å². The Morgan fingerprint density at radius 2 is 1.64 bits per heavy atom. The summed E-state index contributed by atoms with van der Waals surface area (Å²) < 4.78 is 28.9. The molecule has 0 aliphatic heterocycles. The zero-order valence-corrected chi connectivity index (χ0v) is 25.3. The molecule has 3 aromatic rings. The molecule has 39 heavy (non-hydrogen) atoms. The molecule has 0 aliphatic rings. The number of thioether (sulfide) groups is 1. The zero-order chi connectivity index (χ0) is 28.7. The summed E-state index contributed by atoms with van der Waals surface area (Å²) in [4.78, 5) is 29.1. The lowest BCUT2D eigenvalue weighted by Gasteiger charge is -2.33. The molecule has 0 saturated carbocycles. The van der Waals surface area contributed by atoms with Crippen LogP contribution in [0.4, 0.5) is 5.69 Å². The van der Waals surface area contributed by atoms with Crippen molar-refractivity contribution >= 4 is 62.5 Å². The van der Waals surface area contributed by atoms with Gasteiger partial charge in [0.1, 0.15) is 12.6 Å². The molecule has 0 radical (unpaired) electrons. The van der Waals surface area contributed by atoms with Crippen LogP contribution in [0.3, 0.4) is 0 Å². The third-order valence-electron chi connectivity index (χ3n) is 6.24. The van der Waals surface area contributed by atoms with E-state index < -0.39 is 28.5 Å². The summed E-state index contributed by atoms with van der Waals surface area (Å²) in [5.41, 5.74) is 1.85. The van der Waals surface area contributed by atoms with Gasteiger partial charge in [0.05, 0.1) is 10.6 Å². The lowest BCUT2D eigenvalue weighted by atomic mass is 10.1. The molecule has 3 rings (SSSR count). The van der Waals surface area contributed by atoms with Crippen LogP contribution in [0.2, 0.25) is 10.0 Å². The number of carbonyl (C=O) groups is 2. The first-order valence-corrected chi connectivity index (χ1v) is 15.6. The van der Waals surface area contributed by atoms with E-state index in [0.717, 1.165) is 14.8 Å². The highest BCUT2D eigenvalue weighted by Gasteiger charge is 2.33. The lowest BCUT2D eigenvalue weighted by Crippen LogP contribution is -2.51. The molecular weight excluding hydrogens is 577 g/mol. The van der Waals surface area contributed by atoms with Crippen LogP contribution in [0, 0.1) is 6.92 Å². The van der Waals surface area contributed by atoms with Gasteiger partial charge in [-0.05, 0) is 73.7 Å². The number of sulfonamides is 1. The second kappa shape index (κ2) is 13.6. The average molecular weight is 609 g/mol. The van der Waals surface area contributed by atoms with Crippen LogP contribution in [-0.2, 0) is 26.2 Å². The summed E-state index contributed by atoms with van der Waals surface area (Å²) in [6.45, 7) is 3.15. The van der Waals surface area contributed by atoms with Gasteiger partial charge in [-0.1, -0.05) is 53.9 Å². The van der Waals surface area contributed by atoms with Crippen molar-refractivity contribution in [2.24, 2.45) is 0 Å². The van der Waals surface area contributed by atoms with Crippen molar-refractivity contribution in [1.29, 1.82) is 0 Å². The van der Waals surface area contributed by atoms with Crippen molar-refractivity contribution in [3.8, 4) is 0 Å². The minimum atomic E-state index is -4.13. The highest BCUT2D eigenvalue weighted by Crippen LogP contribution is 2.28.